The Morgan fingerprint density at radius 1 is 1.23 bits per heavy atom. The van der Waals surface area contributed by atoms with Gasteiger partial charge in [-0.1, -0.05) is 12.1 Å². The van der Waals surface area contributed by atoms with E-state index < -0.39 is 36.6 Å². The molecule has 0 fully saturated rings. The monoisotopic (exact) mass is 563 g/mol. The number of pyridine rings is 1. The van der Waals surface area contributed by atoms with E-state index >= 15 is 0 Å². The van der Waals surface area contributed by atoms with Crippen LogP contribution in [-0.4, -0.2) is 70.6 Å². The van der Waals surface area contributed by atoms with Gasteiger partial charge in [-0.15, -0.1) is 11.3 Å². The van der Waals surface area contributed by atoms with E-state index in [0.717, 1.165) is 0 Å². The molecule has 0 saturated heterocycles. The Kier molecular flexibility index (Phi) is 10.1. The van der Waals surface area contributed by atoms with Crippen LogP contribution in [0.25, 0.3) is 10.2 Å². The summed E-state index contributed by atoms with van der Waals surface area (Å²) in [4.78, 5) is 54.5. The molecule has 0 aliphatic heterocycles. The topological polar surface area (TPSA) is 143 Å². The fourth-order valence-corrected chi connectivity index (χ4v) is 4.47. The number of hydrogen-bond acceptors (Lipinski definition) is 7. The molecule has 0 aliphatic carbocycles. The lowest BCUT2D eigenvalue weighted by molar-refractivity contribution is -0.123. The Morgan fingerprint density at radius 2 is 2.00 bits per heavy atom. The maximum atomic E-state index is 13.0. The van der Waals surface area contributed by atoms with E-state index in [1.165, 1.54) is 51.3 Å². The Labute approximate surface area is 225 Å². The van der Waals surface area contributed by atoms with E-state index in [4.69, 9.17) is 9.84 Å². The normalized spacial score (nSPS) is 12.0. The second kappa shape index (κ2) is 13.5. The van der Waals surface area contributed by atoms with Gasteiger partial charge in [0.2, 0.25) is 11.8 Å². The van der Waals surface area contributed by atoms with Crippen LogP contribution in [0.4, 0.5) is 19.3 Å². The molecule has 0 spiro atoms. The summed E-state index contributed by atoms with van der Waals surface area (Å²) in [5, 5.41) is 14.2. The summed E-state index contributed by atoms with van der Waals surface area (Å²) in [6.45, 7) is -0.715. The fraction of sp³-hybridized carbons (Fsp3) is 0.320. The predicted molar refractivity (Wildman–Crippen MR) is 142 cm³/mol. The first-order chi connectivity index (χ1) is 18.5. The van der Waals surface area contributed by atoms with Gasteiger partial charge in [0, 0.05) is 20.3 Å². The summed E-state index contributed by atoms with van der Waals surface area (Å²) in [5.41, 5.74) is -0.0897. The Hall–Kier alpha value is -4.33. The summed E-state index contributed by atoms with van der Waals surface area (Å²) in [7, 11) is 3.17. The number of carboxylic acid groups (broad SMARTS) is 1. The molecule has 0 aliphatic rings. The van der Waals surface area contributed by atoms with Crippen molar-refractivity contribution >= 4 is 45.1 Å². The van der Waals surface area contributed by atoms with Crippen molar-refractivity contribution in [2.75, 3.05) is 26.0 Å². The smallest absolute Gasteiger partial charge is 0.405 e. The number of hydrogen-bond donors (Lipinski definition) is 3. The molecule has 11 nitrogen and oxygen atoms in total. The second-order valence-electron chi connectivity index (χ2n) is 8.47. The van der Waals surface area contributed by atoms with Crippen LogP contribution < -0.4 is 20.9 Å². The van der Waals surface area contributed by atoms with Crippen molar-refractivity contribution in [3.8, 4) is 5.75 Å². The first-order valence-electron chi connectivity index (χ1n) is 11.7. The quantitative estimate of drug-likeness (QED) is 0.287. The number of alkyl halides is 2. The summed E-state index contributed by atoms with van der Waals surface area (Å²) < 4.78 is 32.2. The van der Waals surface area contributed by atoms with E-state index in [2.05, 4.69) is 15.6 Å². The van der Waals surface area contributed by atoms with Gasteiger partial charge in [-0.3, -0.25) is 14.4 Å². The number of thiazole rings is 1. The van der Waals surface area contributed by atoms with Crippen LogP contribution in [0, 0.1) is 0 Å². The van der Waals surface area contributed by atoms with Gasteiger partial charge in [0.15, 0.2) is 0 Å². The third-order valence-electron chi connectivity index (χ3n) is 5.31. The lowest BCUT2D eigenvalue weighted by Gasteiger charge is -2.16. The van der Waals surface area contributed by atoms with Gasteiger partial charge in [-0.2, -0.15) is 0 Å². The summed E-state index contributed by atoms with van der Waals surface area (Å²) in [6, 6.07) is 6.64. The van der Waals surface area contributed by atoms with Gasteiger partial charge in [0.25, 0.3) is 12.0 Å². The minimum atomic E-state index is -2.63. The molecular weight excluding hydrogens is 536 g/mol. The number of aromatic nitrogens is 2. The van der Waals surface area contributed by atoms with Crippen LogP contribution in [0.2, 0.25) is 0 Å². The zero-order valence-corrected chi connectivity index (χ0v) is 21.9. The molecule has 14 heteroatoms. The molecule has 208 valence electrons. The summed E-state index contributed by atoms with van der Waals surface area (Å²) in [6.07, 6.45) is 0.596. The number of fused-ring (bicyclic) bond motifs is 1. The molecular formula is C25H27F2N5O6S. The number of carbonyl (C=O) groups excluding carboxylic acids is 2. The Bertz CT molecular complexity index is 1420. The largest absolute Gasteiger partial charge is 0.486 e. The van der Waals surface area contributed by atoms with Crippen molar-refractivity contribution in [1.29, 1.82) is 0 Å². The number of nitrogens with one attached hydrogen (secondary N) is 2. The molecule has 1 unspecified atom stereocenters. The average molecular weight is 564 g/mol. The summed E-state index contributed by atoms with van der Waals surface area (Å²) >= 11 is 1.19. The minimum Gasteiger partial charge on any atom is -0.486 e. The van der Waals surface area contributed by atoms with Crippen molar-refractivity contribution in [3.05, 3.63) is 64.0 Å². The fourth-order valence-electron chi connectivity index (χ4n) is 3.44. The van der Waals surface area contributed by atoms with Crippen LogP contribution in [0.5, 0.6) is 5.75 Å². The van der Waals surface area contributed by atoms with Crippen molar-refractivity contribution in [3.63, 3.8) is 0 Å². The Morgan fingerprint density at radius 3 is 2.69 bits per heavy atom. The first kappa shape index (κ1) is 29.2. The molecule has 3 rings (SSSR count). The van der Waals surface area contributed by atoms with Crippen LogP contribution in [-0.2, 0) is 16.1 Å². The van der Waals surface area contributed by atoms with Crippen LogP contribution in [0.15, 0.2) is 53.5 Å². The number of carbonyl (C=O) groups is 3. The zero-order chi connectivity index (χ0) is 28.5. The lowest BCUT2D eigenvalue weighted by Crippen LogP contribution is -2.44. The van der Waals surface area contributed by atoms with Gasteiger partial charge < -0.3 is 29.9 Å². The molecule has 0 radical (unpaired) electrons. The molecule has 3 amide bonds. The second-order valence-corrected chi connectivity index (χ2v) is 9.56. The van der Waals surface area contributed by atoms with Crippen LogP contribution >= 0.6 is 11.3 Å². The van der Waals surface area contributed by atoms with Gasteiger partial charge in [-0.25, -0.2) is 18.6 Å². The highest BCUT2D eigenvalue weighted by molar-refractivity contribution is 7.19. The molecule has 2 aromatic heterocycles. The number of benzene rings is 1. The standard InChI is InChI=1S/C25H27F2N5O6S/c1-31(2)21(33)11-4-3-7-16(30-25(36)37)23(34)29-17-9-6-12-32(24(17)35)13-20-28-15-8-5-10-18(22(15)39-20)38-14-19(26)27/h4-6,8-12,16,19,30H,3,7,13-14H2,1-2H3,(H,29,34)(H,36,37). The van der Waals surface area contributed by atoms with Gasteiger partial charge in [0.05, 0.1) is 16.8 Å². The van der Waals surface area contributed by atoms with E-state index in [1.54, 1.807) is 32.3 Å². The number of rotatable bonds is 12. The van der Waals surface area contributed by atoms with Gasteiger partial charge in [-0.05, 0) is 43.2 Å². The van der Waals surface area contributed by atoms with E-state index in [-0.39, 0.29) is 36.7 Å². The lowest BCUT2D eigenvalue weighted by atomic mass is 10.1. The minimum absolute atomic E-state index is 0.0394. The molecule has 1 atom stereocenters. The molecule has 3 N–H and O–H groups in total. The Balaban J connectivity index is 1.73. The number of halogens is 2. The molecule has 3 aromatic rings. The molecule has 2 heterocycles. The van der Waals surface area contributed by atoms with E-state index in [0.29, 0.717) is 15.2 Å². The highest BCUT2D eigenvalue weighted by Gasteiger charge is 2.21. The number of ether oxygens (including phenoxy) is 1. The van der Waals surface area contributed by atoms with Crippen LogP contribution in [0.1, 0.15) is 17.8 Å². The number of likely N-dealkylation sites (N-methyl/N-ethyl adjacent to an activating group) is 1. The molecule has 1 aromatic carbocycles. The first-order valence-corrected chi connectivity index (χ1v) is 12.5. The number of anilines is 1. The van der Waals surface area contributed by atoms with Gasteiger partial charge in [0.1, 0.15) is 29.1 Å². The number of allylic oxidation sites excluding steroid dienone is 1. The number of nitrogens with zero attached hydrogens (tertiary/aromatic N) is 3. The van der Waals surface area contributed by atoms with Crippen molar-refractivity contribution < 1.29 is 33.0 Å². The van der Waals surface area contributed by atoms with E-state index in [9.17, 15) is 28.0 Å². The molecule has 39 heavy (non-hydrogen) atoms. The third-order valence-corrected chi connectivity index (χ3v) is 6.38. The maximum Gasteiger partial charge on any atom is 0.405 e. The van der Waals surface area contributed by atoms with Crippen molar-refractivity contribution in [1.82, 2.24) is 19.8 Å². The highest BCUT2D eigenvalue weighted by atomic mass is 32.1. The van der Waals surface area contributed by atoms with Gasteiger partial charge >= 0.3 is 6.09 Å². The average Bonchev–Trinajstić information content (AvgIpc) is 3.29. The summed E-state index contributed by atoms with van der Waals surface area (Å²) in [5.74, 6) is -0.722. The third kappa shape index (κ3) is 8.33. The maximum absolute atomic E-state index is 13.0. The van der Waals surface area contributed by atoms with Crippen molar-refractivity contribution in [2.45, 2.75) is 31.9 Å². The molecule has 0 saturated carbocycles. The zero-order valence-electron chi connectivity index (χ0n) is 21.1. The van der Waals surface area contributed by atoms with Crippen molar-refractivity contribution in [2.24, 2.45) is 0 Å². The number of amides is 3. The predicted octanol–water partition coefficient (Wildman–Crippen LogP) is 3.15. The van der Waals surface area contributed by atoms with Crippen LogP contribution in [0.3, 0.4) is 0 Å². The molecule has 0 bridgehead atoms. The van der Waals surface area contributed by atoms with E-state index in [1.807, 2.05) is 0 Å². The highest BCUT2D eigenvalue weighted by Crippen LogP contribution is 2.31. The SMILES string of the molecule is CN(C)C(=O)C=CCCC(NC(=O)O)C(=O)Nc1cccn(Cc2nc3cccc(OCC(F)F)c3s2)c1=O.